The summed E-state index contributed by atoms with van der Waals surface area (Å²) in [6, 6.07) is 5.50. The van der Waals surface area contributed by atoms with Gasteiger partial charge in [0.2, 0.25) is 11.7 Å². The second-order valence-electron chi connectivity index (χ2n) is 6.10. The van der Waals surface area contributed by atoms with Crippen LogP contribution >= 0.6 is 11.6 Å². The summed E-state index contributed by atoms with van der Waals surface area (Å²) in [4.78, 5) is 18.9. The lowest BCUT2D eigenvalue weighted by atomic mass is 10.2. The van der Waals surface area contributed by atoms with Crippen LogP contribution in [0.25, 0.3) is 22.8 Å². The Bertz CT molecular complexity index is 1030. The van der Waals surface area contributed by atoms with Gasteiger partial charge < -0.3 is 19.1 Å². The van der Waals surface area contributed by atoms with E-state index in [1.54, 1.807) is 6.07 Å². The summed E-state index contributed by atoms with van der Waals surface area (Å²) in [5, 5.41) is 12.7. The van der Waals surface area contributed by atoms with E-state index >= 15 is 0 Å². The molecule has 3 rings (SSSR count). The summed E-state index contributed by atoms with van der Waals surface area (Å²) in [5.74, 6) is -1.54. The summed E-state index contributed by atoms with van der Waals surface area (Å²) in [6.07, 6.45) is 2.27. The fourth-order valence-corrected chi connectivity index (χ4v) is 2.47. The Morgan fingerprint density at radius 3 is 2.79 bits per heavy atom. The van der Waals surface area contributed by atoms with Gasteiger partial charge in [0.25, 0.3) is 5.89 Å². The van der Waals surface area contributed by atoms with Crippen LogP contribution < -0.4 is 9.47 Å². The van der Waals surface area contributed by atoms with E-state index in [9.17, 15) is 9.18 Å². The van der Waals surface area contributed by atoms with Crippen molar-refractivity contribution in [1.29, 1.82) is 0 Å². The number of pyridine rings is 1. The van der Waals surface area contributed by atoms with Gasteiger partial charge in [0.15, 0.2) is 18.2 Å². The number of rotatable bonds is 8. The minimum absolute atomic E-state index is 0.0294. The van der Waals surface area contributed by atoms with Crippen LogP contribution in [0.4, 0.5) is 4.39 Å². The highest BCUT2D eigenvalue weighted by molar-refractivity contribution is 6.32. The van der Waals surface area contributed by atoms with Crippen LogP contribution in [-0.2, 0) is 4.79 Å². The van der Waals surface area contributed by atoms with Crippen LogP contribution in [0.1, 0.15) is 20.3 Å². The third-order valence-corrected chi connectivity index (χ3v) is 4.18. The zero-order valence-corrected chi connectivity index (χ0v) is 16.3. The van der Waals surface area contributed by atoms with Crippen LogP contribution in [0.5, 0.6) is 11.6 Å². The van der Waals surface area contributed by atoms with Crippen molar-refractivity contribution in [3.05, 3.63) is 41.3 Å². The fraction of sp³-hybridized carbons (Fsp3) is 0.263. The maximum atomic E-state index is 14.1. The van der Waals surface area contributed by atoms with E-state index in [4.69, 9.17) is 30.7 Å². The van der Waals surface area contributed by atoms with Crippen molar-refractivity contribution in [3.8, 4) is 34.5 Å². The molecule has 29 heavy (non-hydrogen) atoms. The molecule has 0 spiro atoms. The third-order valence-electron chi connectivity index (χ3n) is 3.91. The Morgan fingerprint density at radius 2 is 2.14 bits per heavy atom. The molecule has 0 radical (unpaired) electrons. The molecule has 10 heteroatoms. The zero-order valence-electron chi connectivity index (χ0n) is 15.6. The number of hydrogen-bond acceptors (Lipinski definition) is 7. The number of aromatic nitrogens is 3. The van der Waals surface area contributed by atoms with E-state index in [0.29, 0.717) is 22.0 Å². The molecule has 0 saturated carbocycles. The van der Waals surface area contributed by atoms with E-state index in [1.165, 1.54) is 18.3 Å². The number of hydrogen-bond donors (Lipinski definition) is 1. The number of benzene rings is 1. The Balaban J connectivity index is 1.79. The number of aliphatic carboxylic acids is 1. The van der Waals surface area contributed by atoms with E-state index in [1.807, 2.05) is 13.8 Å². The highest BCUT2D eigenvalue weighted by atomic mass is 35.5. The topological polar surface area (TPSA) is 108 Å². The molecule has 8 nitrogen and oxygen atoms in total. The van der Waals surface area contributed by atoms with Gasteiger partial charge in [0.05, 0.1) is 11.7 Å². The molecule has 152 valence electrons. The highest BCUT2D eigenvalue weighted by Crippen LogP contribution is 2.30. The van der Waals surface area contributed by atoms with Crippen LogP contribution in [-0.4, -0.2) is 38.9 Å². The van der Waals surface area contributed by atoms with Gasteiger partial charge in [-0.25, -0.2) is 14.2 Å². The predicted molar refractivity (Wildman–Crippen MR) is 101 cm³/mol. The van der Waals surface area contributed by atoms with Crippen molar-refractivity contribution in [2.45, 2.75) is 26.4 Å². The maximum absolute atomic E-state index is 14.1. The molecule has 1 N–H and O–H groups in total. The van der Waals surface area contributed by atoms with Gasteiger partial charge >= 0.3 is 5.97 Å². The van der Waals surface area contributed by atoms with E-state index in [-0.39, 0.29) is 23.6 Å². The molecular weight excluding hydrogens is 405 g/mol. The van der Waals surface area contributed by atoms with Crippen molar-refractivity contribution >= 4 is 17.6 Å². The van der Waals surface area contributed by atoms with Crippen molar-refractivity contribution < 1.29 is 28.3 Å². The van der Waals surface area contributed by atoms with Crippen LogP contribution in [0.2, 0.25) is 5.02 Å². The lowest BCUT2D eigenvalue weighted by molar-refractivity contribution is -0.139. The smallest absolute Gasteiger partial charge is 0.341 e. The first kappa shape index (κ1) is 20.5. The van der Waals surface area contributed by atoms with Gasteiger partial charge in [-0.2, -0.15) is 4.98 Å². The summed E-state index contributed by atoms with van der Waals surface area (Å²) in [6.45, 7) is 3.25. The molecule has 0 saturated heterocycles. The molecule has 0 bridgehead atoms. The quantitative estimate of drug-likeness (QED) is 0.575. The summed E-state index contributed by atoms with van der Waals surface area (Å²) >= 11 is 6.21. The summed E-state index contributed by atoms with van der Waals surface area (Å²) in [5.41, 5.74) is 0.808. The number of carbonyl (C=O) groups is 1. The Kier molecular flexibility index (Phi) is 6.28. The molecular formula is C19H17ClFN3O5. The van der Waals surface area contributed by atoms with Gasteiger partial charge in [-0.1, -0.05) is 23.7 Å². The maximum Gasteiger partial charge on any atom is 0.341 e. The van der Waals surface area contributed by atoms with E-state index < -0.39 is 18.4 Å². The van der Waals surface area contributed by atoms with Gasteiger partial charge in [-0.3, -0.25) is 0 Å². The molecule has 0 fully saturated rings. The normalized spacial score (nSPS) is 11.9. The number of ether oxygens (including phenoxy) is 2. The van der Waals surface area contributed by atoms with E-state index in [2.05, 4.69) is 15.1 Å². The van der Waals surface area contributed by atoms with Gasteiger partial charge in [-0.05, 0) is 37.6 Å². The first-order valence-corrected chi connectivity index (χ1v) is 9.06. The van der Waals surface area contributed by atoms with Crippen molar-refractivity contribution in [2.24, 2.45) is 0 Å². The van der Waals surface area contributed by atoms with Crippen molar-refractivity contribution in [2.75, 3.05) is 6.61 Å². The van der Waals surface area contributed by atoms with Gasteiger partial charge in [-0.15, -0.1) is 0 Å². The Morgan fingerprint density at radius 1 is 1.34 bits per heavy atom. The number of carboxylic acid groups (broad SMARTS) is 1. The standard InChI is InChI=1S/C19H17ClFN3O5/c1-3-10(2)28-19-13(20)6-12(8-22-19)18-23-17(24-29-18)11-4-5-15(14(21)7-11)27-9-16(25)26/h4-8,10H,3,9H2,1-2H3,(H,25,26). The molecule has 1 aromatic carbocycles. The fourth-order valence-electron chi connectivity index (χ4n) is 2.26. The molecule has 0 aliphatic carbocycles. The Labute approximate surface area is 170 Å². The molecule has 1 atom stereocenters. The zero-order chi connectivity index (χ0) is 21.0. The van der Waals surface area contributed by atoms with Crippen LogP contribution in [0.15, 0.2) is 35.0 Å². The highest BCUT2D eigenvalue weighted by Gasteiger charge is 2.16. The molecule has 2 heterocycles. The van der Waals surface area contributed by atoms with Crippen LogP contribution in [0.3, 0.4) is 0 Å². The lowest BCUT2D eigenvalue weighted by Gasteiger charge is -2.12. The third kappa shape index (κ3) is 5.00. The van der Waals surface area contributed by atoms with Crippen molar-refractivity contribution in [3.63, 3.8) is 0 Å². The first-order valence-electron chi connectivity index (χ1n) is 8.68. The molecule has 1 unspecified atom stereocenters. The Hall–Kier alpha value is -3.20. The first-order chi connectivity index (χ1) is 13.9. The van der Waals surface area contributed by atoms with Gasteiger partial charge in [0.1, 0.15) is 5.02 Å². The SMILES string of the molecule is CCC(C)Oc1ncc(-c2nc(-c3ccc(OCC(=O)O)c(F)c3)no2)cc1Cl. The molecule has 0 amide bonds. The van der Waals surface area contributed by atoms with E-state index in [0.717, 1.165) is 12.5 Å². The molecule has 3 aromatic rings. The van der Waals surface area contributed by atoms with Gasteiger partial charge in [0, 0.05) is 11.8 Å². The molecule has 0 aliphatic heterocycles. The second-order valence-corrected chi connectivity index (χ2v) is 6.51. The lowest BCUT2D eigenvalue weighted by Crippen LogP contribution is -2.11. The molecule has 0 aliphatic rings. The second kappa shape index (κ2) is 8.87. The minimum atomic E-state index is -1.20. The largest absolute Gasteiger partial charge is 0.479 e. The minimum Gasteiger partial charge on any atom is -0.479 e. The van der Waals surface area contributed by atoms with Crippen LogP contribution in [0, 0.1) is 5.82 Å². The average molecular weight is 422 g/mol. The van der Waals surface area contributed by atoms with Crippen molar-refractivity contribution in [1.82, 2.24) is 15.1 Å². The predicted octanol–water partition coefficient (Wildman–Crippen LogP) is 4.23. The number of carboxylic acids is 1. The number of halogens is 2. The summed E-state index contributed by atoms with van der Waals surface area (Å²) < 4.78 is 29.8. The average Bonchev–Trinajstić information content (AvgIpc) is 3.18. The molecule has 2 aromatic heterocycles. The number of nitrogens with zero attached hydrogens (tertiary/aromatic N) is 3. The monoisotopic (exact) mass is 421 g/mol. The summed E-state index contributed by atoms with van der Waals surface area (Å²) in [7, 11) is 0.